The van der Waals surface area contributed by atoms with Crippen molar-refractivity contribution in [3.05, 3.63) is 29.3 Å². The van der Waals surface area contributed by atoms with Crippen LogP contribution in [-0.4, -0.2) is 64.7 Å². The number of unbranched alkanes of at least 4 members (excludes halogenated alkanes) is 1. The minimum atomic E-state index is -3.20. The van der Waals surface area contributed by atoms with E-state index < -0.39 is 9.84 Å². The van der Waals surface area contributed by atoms with Crippen LogP contribution in [0.4, 0.5) is 0 Å². The summed E-state index contributed by atoms with van der Waals surface area (Å²) in [6.07, 6.45) is 5.07. The number of hydrogen-bond acceptors (Lipinski definition) is 5. The summed E-state index contributed by atoms with van der Waals surface area (Å²) < 4.78 is 23.4. The number of hydrogen-bond donors (Lipinski definition) is 3. The number of likely N-dealkylation sites (tertiary alicyclic amines) is 1. The molecule has 1 aliphatic rings. The molecule has 0 unspecified atom stereocenters. The summed E-state index contributed by atoms with van der Waals surface area (Å²) >= 11 is 0. The standard InChI is InChI=1S/C21H35N5O3S/c1-16-14-17(6-7-19(16)30(3,28)29)15-25-21(23-2)24-10-4-5-11-26-12-8-18(9-13-26)20(22)27/h6-7,14,18H,4-5,8-13,15H2,1-3H3,(H2,22,27)(H2,23,24,25). The number of aryl methyl sites for hydroxylation is 1. The van der Waals surface area contributed by atoms with E-state index >= 15 is 0 Å². The second-order valence-electron chi connectivity index (χ2n) is 7.95. The molecule has 9 heteroatoms. The van der Waals surface area contributed by atoms with Crippen LogP contribution >= 0.6 is 0 Å². The van der Waals surface area contributed by atoms with E-state index in [1.807, 2.05) is 19.1 Å². The van der Waals surface area contributed by atoms with Gasteiger partial charge in [0.05, 0.1) is 4.90 Å². The van der Waals surface area contributed by atoms with Gasteiger partial charge in [-0.2, -0.15) is 0 Å². The Morgan fingerprint density at radius 1 is 1.23 bits per heavy atom. The van der Waals surface area contributed by atoms with Crippen LogP contribution in [0.3, 0.4) is 0 Å². The van der Waals surface area contributed by atoms with Gasteiger partial charge in [-0.15, -0.1) is 0 Å². The lowest BCUT2D eigenvalue weighted by atomic mass is 9.96. The van der Waals surface area contributed by atoms with Crippen LogP contribution in [-0.2, 0) is 21.2 Å². The van der Waals surface area contributed by atoms with Gasteiger partial charge in [0.15, 0.2) is 15.8 Å². The van der Waals surface area contributed by atoms with E-state index in [0.29, 0.717) is 11.4 Å². The molecule has 0 aliphatic carbocycles. The summed E-state index contributed by atoms with van der Waals surface area (Å²) in [4.78, 5) is 18.2. The molecule has 0 aromatic heterocycles. The van der Waals surface area contributed by atoms with Crippen molar-refractivity contribution in [2.45, 2.75) is 44.0 Å². The molecule has 0 spiro atoms. The zero-order chi connectivity index (χ0) is 22.1. The molecular formula is C21H35N5O3S. The van der Waals surface area contributed by atoms with Gasteiger partial charge in [-0.1, -0.05) is 12.1 Å². The van der Waals surface area contributed by atoms with E-state index in [2.05, 4.69) is 20.5 Å². The SMILES string of the molecule is CN=C(NCCCCN1CCC(C(N)=O)CC1)NCc1ccc(S(C)(=O)=O)c(C)c1. The lowest BCUT2D eigenvalue weighted by molar-refractivity contribution is -0.123. The highest BCUT2D eigenvalue weighted by atomic mass is 32.2. The Bertz CT molecular complexity index is 846. The number of sulfone groups is 1. The number of primary amides is 1. The second kappa shape index (κ2) is 11.3. The van der Waals surface area contributed by atoms with Crippen LogP contribution in [0.25, 0.3) is 0 Å². The largest absolute Gasteiger partial charge is 0.369 e. The van der Waals surface area contributed by atoms with Gasteiger partial charge in [0.2, 0.25) is 5.91 Å². The molecule has 1 heterocycles. The third kappa shape index (κ3) is 7.60. The van der Waals surface area contributed by atoms with Gasteiger partial charge in [0, 0.05) is 32.3 Å². The Balaban J connectivity index is 1.66. The molecule has 1 aliphatic heterocycles. The Morgan fingerprint density at radius 2 is 1.93 bits per heavy atom. The zero-order valence-electron chi connectivity index (χ0n) is 18.3. The molecule has 8 nitrogen and oxygen atoms in total. The van der Waals surface area contributed by atoms with E-state index in [4.69, 9.17) is 5.73 Å². The van der Waals surface area contributed by atoms with Crippen molar-refractivity contribution in [2.24, 2.45) is 16.6 Å². The van der Waals surface area contributed by atoms with Gasteiger partial charge in [-0.05, 0) is 69.4 Å². The topological polar surface area (TPSA) is 117 Å². The van der Waals surface area contributed by atoms with Crippen molar-refractivity contribution in [1.29, 1.82) is 0 Å². The van der Waals surface area contributed by atoms with Crippen molar-refractivity contribution in [3.63, 3.8) is 0 Å². The first-order chi connectivity index (χ1) is 14.2. The fourth-order valence-corrected chi connectivity index (χ4v) is 4.71. The molecular weight excluding hydrogens is 402 g/mol. The number of rotatable bonds is 9. The summed E-state index contributed by atoms with van der Waals surface area (Å²) in [7, 11) is -1.47. The van der Waals surface area contributed by atoms with Crippen molar-refractivity contribution in [1.82, 2.24) is 15.5 Å². The van der Waals surface area contributed by atoms with Gasteiger partial charge in [-0.25, -0.2) is 8.42 Å². The predicted molar refractivity (Wildman–Crippen MR) is 120 cm³/mol. The maximum Gasteiger partial charge on any atom is 0.220 e. The van der Waals surface area contributed by atoms with Crippen molar-refractivity contribution in [3.8, 4) is 0 Å². The molecule has 0 bridgehead atoms. The van der Waals surface area contributed by atoms with Crippen LogP contribution in [0.1, 0.15) is 36.8 Å². The molecule has 4 N–H and O–H groups in total. The highest BCUT2D eigenvalue weighted by Crippen LogP contribution is 2.17. The van der Waals surface area contributed by atoms with E-state index in [-0.39, 0.29) is 11.8 Å². The van der Waals surface area contributed by atoms with Gasteiger partial charge in [0.25, 0.3) is 0 Å². The number of benzene rings is 1. The first kappa shape index (κ1) is 24.1. The maximum atomic E-state index is 11.7. The van der Waals surface area contributed by atoms with Gasteiger partial charge >= 0.3 is 0 Å². The van der Waals surface area contributed by atoms with E-state index in [1.165, 1.54) is 6.26 Å². The second-order valence-corrected chi connectivity index (χ2v) is 9.93. The quantitative estimate of drug-likeness (QED) is 0.302. The Labute approximate surface area is 180 Å². The summed E-state index contributed by atoms with van der Waals surface area (Å²) in [5.74, 6) is 0.602. The van der Waals surface area contributed by atoms with Gasteiger partial charge < -0.3 is 21.3 Å². The third-order valence-corrected chi connectivity index (χ3v) is 6.76. The monoisotopic (exact) mass is 437 g/mol. The van der Waals surface area contributed by atoms with Gasteiger partial charge in [0.1, 0.15) is 0 Å². The molecule has 0 radical (unpaired) electrons. The Morgan fingerprint density at radius 3 is 2.50 bits per heavy atom. The number of carbonyl (C=O) groups excluding carboxylic acids is 1. The number of nitrogens with one attached hydrogen (secondary N) is 2. The molecule has 1 saturated heterocycles. The molecule has 1 amide bonds. The molecule has 1 aromatic rings. The average molecular weight is 438 g/mol. The lowest BCUT2D eigenvalue weighted by Gasteiger charge is -2.30. The number of piperidine rings is 1. The van der Waals surface area contributed by atoms with E-state index in [9.17, 15) is 13.2 Å². The van der Waals surface area contributed by atoms with Gasteiger partial charge in [-0.3, -0.25) is 9.79 Å². The molecule has 168 valence electrons. The highest BCUT2D eigenvalue weighted by Gasteiger charge is 2.22. The maximum absolute atomic E-state index is 11.7. The van der Waals surface area contributed by atoms with Crippen LogP contribution in [0.2, 0.25) is 0 Å². The van der Waals surface area contributed by atoms with Crippen molar-refractivity contribution >= 4 is 21.7 Å². The first-order valence-corrected chi connectivity index (χ1v) is 12.4. The molecule has 0 atom stereocenters. The number of nitrogens with zero attached hydrogens (tertiary/aromatic N) is 2. The van der Waals surface area contributed by atoms with Crippen LogP contribution < -0.4 is 16.4 Å². The first-order valence-electron chi connectivity index (χ1n) is 10.5. The molecule has 30 heavy (non-hydrogen) atoms. The van der Waals surface area contributed by atoms with Crippen LogP contribution in [0.15, 0.2) is 28.1 Å². The number of aliphatic imine (C=N–C) groups is 1. The summed E-state index contributed by atoms with van der Waals surface area (Å²) in [6, 6.07) is 5.37. The Kier molecular flexibility index (Phi) is 9.10. The predicted octanol–water partition coefficient (Wildman–Crippen LogP) is 1.04. The average Bonchev–Trinajstić information content (AvgIpc) is 2.69. The molecule has 2 rings (SSSR count). The Hall–Kier alpha value is -2.13. The van der Waals surface area contributed by atoms with Crippen molar-refractivity contribution in [2.75, 3.05) is 39.5 Å². The number of nitrogens with two attached hydrogens (primary N) is 1. The third-order valence-electron chi connectivity index (χ3n) is 5.51. The zero-order valence-corrected chi connectivity index (χ0v) is 19.1. The fraction of sp³-hybridized carbons (Fsp3) is 0.619. The summed E-state index contributed by atoms with van der Waals surface area (Å²) in [5, 5.41) is 6.58. The lowest BCUT2D eigenvalue weighted by Crippen LogP contribution is -2.39. The fourth-order valence-electron chi connectivity index (χ4n) is 3.75. The molecule has 1 fully saturated rings. The highest BCUT2D eigenvalue weighted by molar-refractivity contribution is 7.90. The molecule has 0 saturated carbocycles. The van der Waals surface area contributed by atoms with E-state index in [1.54, 1.807) is 13.1 Å². The minimum Gasteiger partial charge on any atom is -0.369 e. The van der Waals surface area contributed by atoms with Crippen LogP contribution in [0.5, 0.6) is 0 Å². The molecule has 1 aromatic carbocycles. The number of guanidine groups is 1. The number of carbonyl (C=O) groups is 1. The van der Waals surface area contributed by atoms with Crippen molar-refractivity contribution < 1.29 is 13.2 Å². The normalized spacial score (nSPS) is 16.4. The van der Waals surface area contributed by atoms with Crippen LogP contribution in [0, 0.1) is 12.8 Å². The summed E-state index contributed by atoms with van der Waals surface area (Å²) in [6.45, 7) is 6.13. The smallest absolute Gasteiger partial charge is 0.220 e. The number of amides is 1. The van der Waals surface area contributed by atoms with E-state index in [0.717, 1.165) is 68.9 Å². The minimum absolute atomic E-state index is 0.0451. The summed E-state index contributed by atoms with van der Waals surface area (Å²) in [5.41, 5.74) is 7.13.